The quantitative estimate of drug-likeness (QED) is 0.746. The van der Waals surface area contributed by atoms with Crippen molar-refractivity contribution < 1.29 is 13.2 Å². The highest BCUT2D eigenvalue weighted by Crippen LogP contribution is 2.24. The van der Waals surface area contributed by atoms with Gasteiger partial charge in [0.25, 0.3) is 0 Å². The van der Waals surface area contributed by atoms with Crippen LogP contribution in [0.25, 0.3) is 0 Å². The van der Waals surface area contributed by atoms with Crippen LogP contribution >= 0.6 is 22.9 Å². The van der Waals surface area contributed by atoms with Crippen LogP contribution in [0.5, 0.6) is 5.75 Å². The SMILES string of the molecule is CCOc1ccc(S(=O)(=O)N2CCN(Cc3ccc(Cl)s3)CC2)cc1. The van der Waals surface area contributed by atoms with Crippen molar-refractivity contribution in [1.29, 1.82) is 0 Å². The summed E-state index contributed by atoms with van der Waals surface area (Å²) < 4.78 is 33.3. The lowest BCUT2D eigenvalue weighted by atomic mass is 10.3. The average molecular weight is 401 g/mol. The summed E-state index contributed by atoms with van der Waals surface area (Å²) in [4.78, 5) is 3.77. The van der Waals surface area contributed by atoms with Crippen molar-refractivity contribution in [3.63, 3.8) is 0 Å². The lowest BCUT2D eigenvalue weighted by Gasteiger charge is -2.33. The summed E-state index contributed by atoms with van der Waals surface area (Å²) in [5, 5.41) is 0. The fraction of sp³-hybridized carbons (Fsp3) is 0.412. The third-order valence-corrected chi connectivity index (χ3v) is 7.24. The zero-order valence-corrected chi connectivity index (χ0v) is 16.4. The van der Waals surface area contributed by atoms with Gasteiger partial charge in [0.2, 0.25) is 10.0 Å². The number of thiophene rings is 1. The van der Waals surface area contributed by atoms with Gasteiger partial charge in [0.05, 0.1) is 15.8 Å². The van der Waals surface area contributed by atoms with Crippen molar-refractivity contribution in [1.82, 2.24) is 9.21 Å². The van der Waals surface area contributed by atoms with Gasteiger partial charge < -0.3 is 4.74 Å². The monoisotopic (exact) mass is 400 g/mol. The molecule has 1 aliphatic rings. The van der Waals surface area contributed by atoms with E-state index in [1.807, 2.05) is 19.1 Å². The molecule has 0 aliphatic carbocycles. The molecule has 0 amide bonds. The molecule has 0 atom stereocenters. The van der Waals surface area contributed by atoms with E-state index in [0.717, 1.165) is 10.9 Å². The largest absolute Gasteiger partial charge is 0.494 e. The number of hydrogen-bond acceptors (Lipinski definition) is 5. The molecule has 136 valence electrons. The van der Waals surface area contributed by atoms with Gasteiger partial charge in [0.15, 0.2) is 0 Å². The highest BCUT2D eigenvalue weighted by molar-refractivity contribution is 7.89. The second kappa shape index (κ2) is 8.05. The Morgan fingerprint density at radius 3 is 2.32 bits per heavy atom. The average Bonchev–Trinajstić information content (AvgIpc) is 3.01. The zero-order chi connectivity index (χ0) is 17.9. The molecule has 0 spiro atoms. The molecule has 8 heteroatoms. The minimum atomic E-state index is -3.45. The molecule has 0 radical (unpaired) electrons. The van der Waals surface area contributed by atoms with Crippen LogP contribution in [-0.2, 0) is 16.6 Å². The number of nitrogens with zero attached hydrogens (tertiary/aromatic N) is 2. The van der Waals surface area contributed by atoms with Crippen LogP contribution in [0.15, 0.2) is 41.3 Å². The first kappa shape index (κ1) is 18.7. The van der Waals surface area contributed by atoms with Crippen molar-refractivity contribution in [3.05, 3.63) is 45.6 Å². The van der Waals surface area contributed by atoms with Crippen molar-refractivity contribution in [2.75, 3.05) is 32.8 Å². The molecule has 5 nitrogen and oxygen atoms in total. The van der Waals surface area contributed by atoms with E-state index in [4.69, 9.17) is 16.3 Å². The summed E-state index contributed by atoms with van der Waals surface area (Å²) in [5.74, 6) is 0.681. The van der Waals surface area contributed by atoms with Gasteiger partial charge >= 0.3 is 0 Å². The predicted octanol–water partition coefficient (Wildman–Crippen LogP) is 3.31. The third kappa shape index (κ3) is 4.54. The Hall–Kier alpha value is -1.12. The lowest BCUT2D eigenvalue weighted by molar-refractivity contribution is 0.183. The van der Waals surface area contributed by atoms with Crippen LogP contribution in [-0.4, -0.2) is 50.4 Å². The van der Waals surface area contributed by atoms with Gasteiger partial charge in [-0.05, 0) is 43.3 Å². The van der Waals surface area contributed by atoms with E-state index in [2.05, 4.69) is 4.90 Å². The molecule has 0 saturated carbocycles. The van der Waals surface area contributed by atoms with Crippen molar-refractivity contribution in [3.8, 4) is 5.75 Å². The fourth-order valence-corrected chi connectivity index (χ4v) is 5.36. The van der Waals surface area contributed by atoms with Crippen molar-refractivity contribution in [2.24, 2.45) is 0 Å². The van der Waals surface area contributed by atoms with Gasteiger partial charge in [-0.25, -0.2) is 8.42 Å². The van der Waals surface area contributed by atoms with E-state index >= 15 is 0 Å². The van der Waals surface area contributed by atoms with E-state index in [1.165, 1.54) is 4.88 Å². The van der Waals surface area contributed by atoms with E-state index in [9.17, 15) is 8.42 Å². The minimum absolute atomic E-state index is 0.314. The number of rotatable bonds is 6. The third-order valence-electron chi connectivity index (χ3n) is 4.11. The zero-order valence-electron chi connectivity index (χ0n) is 14.0. The Morgan fingerprint density at radius 2 is 1.76 bits per heavy atom. The van der Waals surface area contributed by atoms with Gasteiger partial charge in [0, 0.05) is 37.6 Å². The van der Waals surface area contributed by atoms with Crippen molar-refractivity contribution in [2.45, 2.75) is 18.4 Å². The molecule has 2 heterocycles. The molecular weight excluding hydrogens is 380 g/mol. The Balaban J connectivity index is 1.60. The van der Waals surface area contributed by atoms with Gasteiger partial charge in [0.1, 0.15) is 5.75 Å². The highest BCUT2D eigenvalue weighted by atomic mass is 35.5. The summed E-state index contributed by atoms with van der Waals surface area (Å²) in [5.41, 5.74) is 0. The number of benzene rings is 1. The van der Waals surface area contributed by atoms with Crippen LogP contribution in [0.2, 0.25) is 4.34 Å². The van der Waals surface area contributed by atoms with E-state index < -0.39 is 10.0 Å². The Kier molecular flexibility index (Phi) is 6.01. The molecular formula is C17H21ClN2O3S2. The van der Waals surface area contributed by atoms with Crippen LogP contribution in [0.3, 0.4) is 0 Å². The molecule has 2 aromatic rings. The summed E-state index contributed by atoms with van der Waals surface area (Å²) in [6.07, 6.45) is 0. The molecule has 1 saturated heterocycles. The first-order chi connectivity index (χ1) is 12.0. The highest BCUT2D eigenvalue weighted by Gasteiger charge is 2.28. The van der Waals surface area contributed by atoms with Gasteiger partial charge in [-0.15, -0.1) is 11.3 Å². The number of halogens is 1. The number of ether oxygens (including phenoxy) is 1. The summed E-state index contributed by atoms with van der Waals surface area (Å²) >= 11 is 7.53. The first-order valence-electron chi connectivity index (χ1n) is 8.18. The summed E-state index contributed by atoms with van der Waals surface area (Å²) in [7, 11) is -3.45. The molecule has 1 fully saturated rings. The normalized spacial score (nSPS) is 16.9. The van der Waals surface area contributed by atoms with E-state index in [0.29, 0.717) is 43.4 Å². The minimum Gasteiger partial charge on any atom is -0.494 e. The van der Waals surface area contributed by atoms with E-state index in [-0.39, 0.29) is 0 Å². The van der Waals surface area contributed by atoms with Gasteiger partial charge in [-0.2, -0.15) is 4.31 Å². The molecule has 25 heavy (non-hydrogen) atoms. The standard InChI is InChI=1S/C17H21ClN2O3S2/c1-2-23-14-3-6-16(7-4-14)25(21,22)20-11-9-19(10-12-20)13-15-5-8-17(18)24-15/h3-8H,2,9-13H2,1H3. The van der Waals surface area contributed by atoms with E-state index in [1.54, 1.807) is 39.9 Å². The molecule has 3 rings (SSSR count). The molecule has 1 aliphatic heterocycles. The molecule has 0 bridgehead atoms. The van der Waals surface area contributed by atoms with Crippen molar-refractivity contribution >= 4 is 33.0 Å². The number of hydrogen-bond donors (Lipinski definition) is 0. The maximum atomic E-state index is 12.8. The Bertz CT molecular complexity index is 798. The smallest absolute Gasteiger partial charge is 0.243 e. The number of piperazine rings is 1. The fourth-order valence-electron chi connectivity index (χ4n) is 2.81. The summed E-state index contributed by atoms with van der Waals surface area (Å²) in [6.45, 7) is 5.69. The maximum absolute atomic E-state index is 12.8. The maximum Gasteiger partial charge on any atom is 0.243 e. The molecule has 1 aromatic heterocycles. The predicted molar refractivity (Wildman–Crippen MR) is 101 cm³/mol. The van der Waals surface area contributed by atoms with Crippen LogP contribution in [0.1, 0.15) is 11.8 Å². The van der Waals surface area contributed by atoms with Gasteiger partial charge in [-0.1, -0.05) is 11.6 Å². The van der Waals surface area contributed by atoms with Crippen LogP contribution < -0.4 is 4.74 Å². The Labute approximate surface area is 157 Å². The first-order valence-corrected chi connectivity index (χ1v) is 10.8. The Morgan fingerprint density at radius 1 is 1.08 bits per heavy atom. The second-order valence-electron chi connectivity index (χ2n) is 5.79. The lowest BCUT2D eigenvalue weighted by Crippen LogP contribution is -2.48. The van der Waals surface area contributed by atoms with Gasteiger partial charge in [-0.3, -0.25) is 4.90 Å². The molecule has 1 aromatic carbocycles. The van der Waals surface area contributed by atoms with Crippen LogP contribution in [0, 0.1) is 0 Å². The summed E-state index contributed by atoms with van der Waals surface area (Å²) in [6, 6.07) is 10.5. The number of sulfonamides is 1. The molecule has 0 unspecified atom stereocenters. The van der Waals surface area contributed by atoms with Crippen LogP contribution in [0.4, 0.5) is 0 Å². The molecule has 0 N–H and O–H groups in total. The second-order valence-corrected chi connectivity index (χ2v) is 9.53. The topological polar surface area (TPSA) is 49.9 Å².